The highest BCUT2D eigenvalue weighted by atomic mass is 16.1. The van der Waals surface area contributed by atoms with E-state index in [1.54, 1.807) is 0 Å². The number of nitrogens with zero attached hydrogens (tertiary/aromatic N) is 4. The highest BCUT2D eigenvalue weighted by molar-refractivity contribution is 5.98. The summed E-state index contributed by atoms with van der Waals surface area (Å²) in [5.41, 5.74) is 3.40. The molecule has 0 spiro atoms. The molecule has 0 bridgehead atoms. The zero-order chi connectivity index (χ0) is 16.2. The van der Waals surface area contributed by atoms with Gasteiger partial charge in [0.25, 0.3) is 5.91 Å². The first-order chi connectivity index (χ1) is 11.1. The average Bonchev–Trinajstić information content (AvgIpc) is 3.04. The van der Waals surface area contributed by atoms with Crippen molar-refractivity contribution in [3.63, 3.8) is 0 Å². The van der Waals surface area contributed by atoms with E-state index in [2.05, 4.69) is 30.9 Å². The second-order valence-electron chi connectivity index (χ2n) is 5.50. The zero-order valence-corrected chi connectivity index (χ0v) is 13.1. The quantitative estimate of drug-likeness (QED) is 0.700. The van der Waals surface area contributed by atoms with Crippen LogP contribution < -0.4 is 5.32 Å². The summed E-state index contributed by atoms with van der Waals surface area (Å²) in [7, 11) is 0. The summed E-state index contributed by atoms with van der Waals surface area (Å²) in [5.74, 6) is 0.546. The van der Waals surface area contributed by atoms with Crippen LogP contribution in [0.4, 0.5) is 0 Å². The molecule has 2 aromatic heterocycles. The van der Waals surface area contributed by atoms with Gasteiger partial charge in [-0.3, -0.25) is 9.78 Å². The van der Waals surface area contributed by atoms with Gasteiger partial charge < -0.3 is 5.32 Å². The maximum absolute atomic E-state index is 12.4. The number of hydrogen-bond donors (Lipinski definition) is 2. The zero-order valence-electron chi connectivity index (χ0n) is 13.1. The Morgan fingerprint density at radius 2 is 2.13 bits per heavy atom. The second-order valence-corrected chi connectivity index (χ2v) is 5.50. The third-order valence-corrected chi connectivity index (χ3v) is 3.66. The second kappa shape index (κ2) is 6.51. The Hall–Kier alpha value is -2.83. The van der Waals surface area contributed by atoms with E-state index >= 15 is 0 Å². The smallest absolute Gasteiger partial charge is 0.253 e. The average molecular weight is 310 g/mol. The lowest BCUT2D eigenvalue weighted by atomic mass is 10.1. The monoisotopic (exact) mass is 310 g/mol. The molecule has 2 N–H and O–H groups in total. The third-order valence-electron chi connectivity index (χ3n) is 3.66. The minimum atomic E-state index is -0.105. The fraction of sp³-hybridized carbons (Fsp3) is 0.312. The Balaban J connectivity index is 1.66. The molecule has 0 unspecified atom stereocenters. The molecule has 2 heterocycles. The number of aromatic amines is 1. The number of benzene rings is 1. The summed E-state index contributed by atoms with van der Waals surface area (Å²) in [6.07, 6.45) is 1.43. The maximum Gasteiger partial charge on any atom is 0.253 e. The maximum atomic E-state index is 12.4. The molecule has 7 nitrogen and oxygen atoms in total. The van der Waals surface area contributed by atoms with E-state index in [-0.39, 0.29) is 5.91 Å². The van der Waals surface area contributed by atoms with Gasteiger partial charge in [-0.25, -0.2) is 0 Å². The fourth-order valence-electron chi connectivity index (χ4n) is 2.45. The Kier molecular flexibility index (Phi) is 4.27. The van der Waals surface area contributed by atoms with E-state index in [1.807, 2.05) is 38.1 Å². The summed E-state index contributed by atoms with van der Waals surface area (Å²) in [6.45, 7) is 4.43. The van der Waals surface area contributed by atoms with Crippen LogP contribution in [0, 0.1) is 13.8 Å². The summed E-state index contributed by atoms with van der Waals surface area (Å²) >= 11 is 0. The molecule has 3 rings (SSSR count). The third kappa shape index (κ3) is 3.50. The predicted molar refractivity (Wildman–Crippen MR) is 86.0 cm³/mol. The van der Waals surface area contributed by atoms with Gasteiger partial charge in [-0.15, -0.1) is 10.2 Å². The van der Waals surface area contributed by atoms with Gasteiger partial charge in [0, 0.05) is 18.4 Å². The van der Waals surface area contributed by atoms with E-state index in [1.165, 1.54) is 0 Å². The van der Waals surface area contributed by atoms with Crippen molar-refractivity contribution in [3.05, 3.63) is 46.9 Å². The first-order valence-corrected chi connectivity index (χ1v) is 7.52. The number of aryl methyl sites for hydroxylation is 3. The summed E-state index contributed by atoms with van der Waals surface area (Å²) < 4.78 is 0. The highest BCUT2D eigenvalue weighted by Gasteiger charge is 2.11. The van der Waals surface area contributed by atoms with Crippen LogP contribution in [0.5, 0.6) is 0 Å². The number of fused-ring (bicyclic) bond motifs is 1. The van der Waals surface area contributed by atoms with Gasteiger partial charge in [0.15, 0.2) is 5.82 Å². The molecule has 3 aromatic rings. The summed E-state index contributed by atoms with van der Waals surface area (Å²) in [5, 5.41) is 17.6. The minimum Gasteiger partial charge on any atom is -0.352 e. The van der Waals surface area contributed by atoms with E-state index < -0.39 is 0 Å². The summed E-state index contributed by atoms with van der Waals surface area (Å²) in [6, 6.07) is 7.94. The van der Waals surface area contributed by atoms with Crippen LogP contribution in [-0.2, 0) is 6.42 Å². The number of pyridine rings is 1. The SMILES string of the molecule is Cc1ccc2nc(C)c(C(=O)NCCCc3nn[nH]n3)cc2c1. The number of tetrazole rings is 1. The van der Waals surface area contributed by atoms with Crippen molar-refractivity contribution >= 4 is 16.8 Å². The Bertz CT molecular complexity index is 828. The topological polar surface area (TPSA) is 96.5 Å². The van der Waals surface area contributed by atoms with Crippen LogP contribution in [0.15, 0.2) is 24.3 Å². The molecule has 23 heavy (non-hydrogen) atoms. The summed E-state index contributed by atoms with van der Waals surface area (Å²) in [4.78, 5) is 16.9. The van der Waals surface area contributed by atoms with Crippen LogP contribution in [0.1, 0.15) is 33.9 Å². The predicted octanol–water partition coefficient (Wildman–Crippen LogP) is 1.73. The molecule has 0 radical (unpaired) electrons. The molecular weight excluding hydrogens is 292 g/mol. The van der Waals surface area contributed by atoms with Gasteiger partial charge in [-0.05, 0) is 38.5 Å². The molecule has 7 heteroatoms. The molecule has 0 aliphatic rings. The van der Waals surface area contributed by atoms with Gasteiger partial charge in [0.2, 0.25) is 0 Å². The first-order valence-electron chi connectivity index (χ1n) is 7.52. The van der Waals surface area contributed by atoms with Crippen molar-refractivity contribution in [2.75, 3.05) is 6.54 Å². The normalized spacial score (nSPS) is 10.9. The van der Waals surface area contributed by atoms with E-state index in [9.17, 15) is 4.79 Å². The Morgan fingerprint density at radius 1 is 1.26 bits per heavy atom. The van der Waals surface area contributed by atoms with Crippen molar-refractivity contribution in [1.29, 1.82) is 0 Å². The van der Waals surface area contributed by atoms with Gasteiger partial charge in [-0.2, -0.15) is 5.21 Å². The molecule has 0 aliphatic carbocycles. The van der Waals surface area contributed by atoms with Crippen molar-refractivity contribution < 1.29 is 4.79 Å². The van der Waals surface area contributed by atoms with E-state index in [0.717, 1.165) is 28.6 Å². The highest BCUT2D eigenvalue weighted by Crippen LogP contribution is 2.18. The van der Waals surface area contributed by atoms with Crippen LogP contribution in [0.25, 0.3) is 10.9 Å². The minimum absolute atomic E-state index is 0.105. The van der Waals surface area contributed by atoms with Crippen molar-refractivity contribution in [1.82, 2.24) is 30.9 Å². The lowest BCUT2D eigenvalue weighted by Gasteiger charge is -2.09. The van der Waals surface area contributed by atoms with Gasteiger partial charge in [-0.1, -0.05) is 16.8 Å². The van der Waals surface area contributed by atoms with E-state index in [4.69, 9.17) is 0 Å². The number of H-pyrrole nitrogens is 1. The molecule has 1 amide bonds. The molecule has 118 valence electrons. The van der Waals surface area contributed by atoms with Crippen LogP contribution >= 0.6 is 0 Å². The number of carbonyl (C=O) groups excluding carboxylic acids is 1. The van der Waals surface area contributed by atoms with Crippen molar-refractivity contribution in [2.24, 2.45) is 0 Å². The first kappa shape index (κ1) is 15.1. The van der Waals surface area contributed by atoms with Crippen LogP contribution in [0.3, 0.4) is 0 Å². The Morgan fingerprint density at radius 3 is 2.91 bits per heavy atom. The standard InChI is InChI=1S/C16H18N6O/c1-10-5-6-14-12(8-10)9-13(11(2)18-14)16(23)17-7-3-4-15-19-21-22-20-15/h5-6,8-9H,3-4,7H2,1-2H3,(H,17,23)(H,19,20,21,22). The lowest BCUT2D eigenvalue weighted by Crippen LogP contribution is -2.26. The lowest BCUT2D eigenvalue weighted by molar-refractivity contribution is 0.0952. The van der Waals surface area contributed by atoms with Gasteiger partial charge in [0.05, 0.1) is 16.8 Å². The number of carbonyl (C=O) groups is 1. The Labute approximate surface area is 133 Å². The molecule has 0 aliphatic heterocycles. The number of aromatic nitrogens is 5. The molecule has 0 saturated carbocycles. The van der Waals surface area contributed by atoms with Crippen LogP contribution in [0.2, 0.25) is 0 Å². The number of rotatable bonds is 5. The molecule has 0 saturated heterocycles. The number of hydrogen-bond acceptors (Lipinski definition) is 5. The number of amides is 1. The molecule has 0 atom stereocenters. The van der Waals surface area contributed by atoms with Crippen molar-refractivity contribution in [3.8, 4) is 0 Å². The van der Waals surface area contributed by atoms with Gasteiger partial charge >= 0.3 is 0 Å². The van der Waals surface area contributed by atoms with Crippen molar-refractivity contribution in [2.45, 2.75) is 26.7 Å². The molecule has 1 aromatic carbocycles. The largest absolute Gasteiger partial charge is 0.352 e. The van der Waals surface area contributed by atoms with Gasteiger partial charge in [0.1, 0.15) is 0 Å². The fourth-order valence-corrected chi connectivity index (χ4v) is 2.45. The number of nitrogens with one attached hydrogen (secondary N) is 2. The van der Waals surface area contributed by atoms with Crippen LogP contribution in [-0.4, -0.2) is 38.1 Å². The molecule has 0 fully saturated rings. The van der Waals surface area contributed by atoms with E-state index in [0.29, 0.717) is 24.4 Å². The molecular formula is C16H18N6O.